The normalized spacial score (nSPS) is 11.4. The number of hydrogen-bond donors (Lipinski definition) is 2. The van der Waals surface area contributed by atoms with Crippen molar-refractivity contribution in [3.05, 3.63) is 96.1 Å². The van der Waals surface area contributed by atoms with Crippen LogP contribution in [0.15, 0.2) is 84.9 Å². The number of amides is 2. The Labute approximate surface area is 181 Å². The number of hydrogen-bond acceptors (Lipinski definition) is 4. The van der Waals surface area contributed by atoms with Crippen molar-refractivity contribution in [1.82, 2.24) is 10.2 Å². The number of ketones is 1. The molecule has 0 bridgehead atoms. The minimum absolute atomic E-state index is 0.211. The highest BCUT2D eigenvalue weighted by molar-refractivity contribution is 6.10. The molecule has 3 rings (SSSR count). The van der Waals surface area contributed by atoms with Crippen molar-refractivity contribution in [3.8, 4) is 11.1 Å². The van der Waals surface area contributed by atoms with Crippen LogP contribution in [0.1, 0.15) is 15.9 Å². The molecule has 0 saturated carbocycles. The zero-order chi connectivity index (χ0) is 22.2. The smallest absolute Gasteiger partial charge is 0.254 e. The monoisotopic (exact) mass is 416 g/mol. The van der Waals surface area contributed by atoms with Gasteiger partial charge in [0.15, 0.2) is 11.8 Å². The summed E-state index contributed by atoms with van der Waals surface area (Å²) in [7, 11) is 1.38. The molecular formula is C25H24N2O4. The average molecular weight is 416 g/mol. The summed E-state index contributed by atoms with van der Waals surface area (Å²) in [5, 5.41) is 12.0. The van der Waals surface area contributed by atoms with Gasteiger partial charge in [-0.25, -0.2) is 0 Å². The first-order valence-electron chi connectivity index (χ1n) is 9.89. The van der Waals surface area contributed by atoms with Crippen LogP contribution >= 0.6 is 0 Å². The van der Waals surface area contributed by atoms with Gasteiger partial charge >= 0.3 is 0 Å². The molecule has 0 fully saturated rings. The summed E-state index contributed by atoms with van der Waals surface area (Å²) < 4.78 is 0. The molecule has 2 N–H and O–H groups in total. The van der Waals surface area contributed by atoms with E-state index in [1.54, 1.807) is 12.1 Å². The Balaban J connectivity index is 1.74. The van der Waals surface area contributed by atoms with Gasteiger partial charge in [-0.3, -0.25) is 14.4 Å². The average Bonchev–Trinajstić information content (AvgIpc) is 2.83. The second kappa shape index (κ2) is 10.3. The van der Waals surface area contributed by atoms with Crippen LogP contribution < -0.4 is 5.32 Å². The van der Waals surface area contributed by atoms with Crippen LogP contribution in [0.3, 0.4) is 0 Å². The van der Waals surface area contributed by atoms with E-state index in [0.29, 0.717) is 5.56 Å². The molecule has 3 aromatic carbocycles. The molecule has 0 spiro atoms. The minimum atomic E-state index is -1.42. The number of benzene rings is 3. The Kier molecular flexibility index (Phi) is 7.30. The molecule has 0 aliphatic carbocycles. The van der Waals surface area contributed by atoms with Gasteiger partial charge in [0.1, 0.15) is 6.61 Å². The fourth-order valence-electron chi connectivity index (χ4n) is 3.26. The maximum atomic E-state index is 12.9. The molecule has 2 amide bonds. The van der Waals surface area contributed by atoms with Gasteiger partial charge in [0.05, 0.1) is 0 Å². The van der Waals surface area contributed by atoms with Crippen LogP contribution in [-0.4, -0.2) is 47.3 Å². The van der Waals surface area contributed by atoms with Crippen molar-refractivity contribution in [2.45, 2.75) is 12.6 Å². The molecule has 0 radical (unpaired) electrons. The molecule has 0 aliphatic heterocycles. The van der Waals surface area contributed by atoms with Gasteiger partial charge in [-0.15, -0.1) is 0 Å². The Hall–Kier alpha value is -3.77. The number of rotatable bonds is 8. The SMILES string of the molecule is CN(C(=O)c1ccc(-c2ccccc2)cc1)C(C(=O)CO)C(=O)NCc1ccccc1. The van der Waals surface area contributed by atoms with E-state index in [0.717, 1.165) is 21.6 Å². The highest BCUT2D eigenvalue weighted by Crippen LogP contribution is 2.20. The number of likely N-dealkylation sites (N-methyl/N-ethyl adjacent to an activating group) is 1. The molecule has 158 valence electrons. The van der Waals surface area contributed by atoms with E-state index in [4.69, 9.17) is 0 Å². The number of carbonyl (C=O) groups excluding carboxylic acids is 3. The van der Waals surface area contributed by atoms with E-state index in [2.05, 4.69) is 5.32 Å². The fraction of sp³-hybridized carbons (Fsp3) is 0.160. The van der Waals surface area contributed by atoms with E-state index in [9.17, 15) is 19.5 Å². The first-order valence-corrected chi connectivity index (χ1v) is 9.89. The zero-order valence-electron chi connectivity index (χ0n) is 17.2. The topological polar surface area (TPSA) is 86.7 Å². The number of aliphatic hydroxyl groups is 1. The maximum Gasteiger partial charge on any atom is 0.254 e. The minimum Gasteiger partial charge on any atom is -0.388 e. The lowest BCUT2D eigenvalue weighted by Gasteiger charge is -2.26. The molecule has 1 atom stereocenters. The molecule has 31 heavy (non-hydrogen) atoms. The number of carbonyl (C=O) groups is 3. The number of aliphatic hydroxyl groups excluding tert-OH is 1. The Morgan fingerprint density at radius 3 is 1.97 bits per heavy atom. The van der Waals surface area contributed by atoms with Crippen LogP contribution in [0.25, 0.3) is 11.1 Å². The van der Waals surface area contributed by atoms with Gasteiger partial charge in [0.2, 0.25) is 0 Å². The molecule has 1 unspecified atom stereocenters. The Morgan fingerprint density at radius 2 is 1.39 bits per heavy atom. The summed E-state index contributed by atoms with van der Waals surface area (Å²) in [5.74, 6) is -1.87. The molecule has 3 aromatic rings. The Morgan fingerprint density at radius 1 is 0.839 bits per heavy atom. The predicted octanol–water partition coefficient (Wildman–Crippen LogP) is 2.67. The fourth-order valence-corrected chi connectivity index (χ4v) is 3.26. The van der Waals surface area contributed by atoms with Gasteiger partial charge in [-0.05, 0) is 28.8 Å². The summed E-state index contributed by atoms with van der Waals surface area (Å²) in [6.07, 6.45) is 0. The standard InChI is InChI=1S/C25H24N2O4/c1-27(23(22(29)17-28)24(30)26-16-18-8-4-2-5-9-18)25(31)21-14-12-20(13-15-21)19-10-6-3-7-11-19/h2-15,23,28H,16-17H2,1H3,(H,26,30). The third-order valence-electron chi connectivity index (χ3n) is 4.97. The number of Topliss-reactive ketones (excluding diaryl/α,β-unsaturated/α-hetero) is 1. The van der Waals surface area contributed by atoms with Crippen LogP contribution in [0, 0.1) is 0 Å². The van der Waals surface area contributed by atoms with Crippen LogP contribution in [0.5, 0.6) is 0 Å². The first kappa shape index (κ1) is 21.9. The van der Waals surface area contributed by atoms with Gasteiger partial charge in [-0.2, -0.15) is 0 Å². The molecule has 0 aliphatic rings. The number of nitrogens with zero attached hydrogens (tertiary/aromatic N) is 1. The molecule has 0 heterocycles. The third kappa shape index (κ3) is 5.43. The predicted molar refractivity (Wildman–Crippen MR) is 118 cm³/mol. The Bertz CT molecular complexity index is 1030. The molecule has 6 nitrogen and oxygen atoms in total. The van der Waals surface area contributed by atoms with Crippen molar-refractivity contribution >= 4 is 17.6 Å². The van der Waals surface area contributed by atoms with Crippen molar-refractivity contribution in [2.75, 3.05) is 13.7 Å². The first-order chi connectivity index (χ1) is 15.0. The van der Waals surface area contributed by atoms with E-state index >= 15 is 0 Å². The van der Waals surface area contributed by atoms with Gasteiger partial charge in [0, 0.05) is 19.2 Å². The molecule has 0 saturated heterocycles. The second-order valence-corrected chi connectivity index (χ2v) is 7.09. The van der Waals surface area contributed by atoms with Gasteiger partial charge in [0.25, 0.3) is 11.8 Å². The number of nitrogens with one attached hydrogen (secondary N) is 1. The molecule has 6 heteroatoms. The highest BCUT2D eigenvalue weighted by Gasteiger charge is 2.33. The van der Waals surface area contributed by atoms with Crippen molar-refractivity contribution < 1.29 is 19.5 Å². The lowest BCUT2D eigenvalue weighted by molar-refractivity contribution is -0.136. The van der Waals surface area contributed by atoms with Crippen LogP contribution in [-0.2, 0) is 16.1 Å². The molecule has 0 aromatic heterocycles. The van der Waals surface area contributed by atoms with E-state index in [-0.39, 0.29) is 6.54 Å². The zero-order valence-corrected chi connectivity index (χ0v) is 17.2. The lowest BCUT2D eigenvalue weighted by Crippen LogP contribution is -2.52. The molecular weight excluding hydrogens is 392 g/mol. The maximum absolute atomic E-state index is 12.9. The van der Waals surface area contributed by atoms with Crippen molar-refractivity contribution in [2.24, 2.45) is 0 Å². The van der Waals surface area contributed by atoms with E-state index in [1.165, 1.54) is 7.05 Å². The van der Waals surface area contributed by atoms with Crippen molar-refractivity contribution in [3.63, 3.8) is 0 Å². The van der Waals surface area contributed by atoms with Crippen molar-refractivity contribution in [1.29, 1.82) is 0 Å². The van der Waals surface area contributed by atoms with Gasteiger partial charge in [-0.1, -0.05) is 72.8 Å². The quantitative estimate of drug-likeness (QED) is 0.553. The highest BCUT2D eigenvalue weighted by atomic mass is 16.3. The van der Waals surface area contributed by atoms with E-state index in [1.807, 2.05) is 72.8 Å². The lowest BCUT2D eigenvalue weighted by atomic mass is 10.0. The van der Waals surface area contributed by atoms with Crippen LogP contribution in [0.2, 0.25) is 0 Å². The summed E-state index contributed by atoms with van der Waals surface area (Å²) in [5.41, 5.74) is 3.16. The van der Waals surface area contributed by atoms with Crippen LogP contribution in [0.4, 0.5) is 0 Å². The second-order valence-electron chi connectivity index (χ2n) is 7.09. The summed E-state index contributed by atoms with van der Waals surface area (Å²) >= 11 is 0. The van der Waals surface area contributed by atoms with Gasteiger partial charge < -0.3 is 15.3 Å². The van der Waals surface area contributed by atoms with E-state index < -0.39 is 30.2 Å². The summed E-state index contributed by atoms with van der Waals surface area (Å²) in [6.45, 7) is -0.628. The largest absolute Gasteiger partial charge is 0.388 e. The summed E-state index contributed by atoms with van der Waals surface area (Å²) in [6, 6.07) is 24.5. The third-order valence-corrected chi connectivity index (χ3v) is 4.97. The summed E-state index contributed by atoms with van der Waals surface area (Å²) in [4.78, 5) is 39.0.